The third-order valence-corrected chi connectivity index (χ3v) is 6.79. The molecule has 1 aromatic heterocycles. The maximum atomic E-state index is 12.7. The molecule has 3 N–H and O–H groups in total. The van der Waals surface area contributed by atoms with Crippen molar-refractivity contribution in [2.75, 3.05) is 6.54 Å². The van der Waals surface area contributed by atoms with E-state index in [4.69, 9.17) is 17.3 Å². The number of nitrogens with one attached hydrogen (secondary N) is 1. The molecule has 152 valence electrons. The van der Waals surface area contributed by atoms with Gasteiger partial charge in [0.15, 0.2) is 0 Å². The molecular weight excluding hydrogens is 394 g/mol. The summed E-state index contributed by atoms with van der Waals surface area (Å²) in [5.74, 6) is 0.125. The molecule has 0 radical (unpaired) electrons. The van der Waals surface area contributed by atoms with Gasteiger partial charge >= 0.3 is 0 Å². The van der Waals surface area contributed by atoms with Crippen molar-refractivity contribution < 1.29 is 9.59 Å². The maximum absolute atomic E-state index is 12.7. The van der Waals surface area contributed by atoms with Gasteiger partial charge in [-0.2, -0.15) is 0 Å². The number of nitrogens with two attached hydrogens (primary N) is 1. The number of aromatic nitrogens is 1. The van der Waals surface area contributed by atoms with Crippen molar-refractivity contribution in [3.63, 3.8) is 0 Å². The second-order valence-corrected chi connectivity index (χ2v) is 9.36. The second kappa shape index (κ2) is 9.33. The molecular formula is C21H28ClN3O2S. The van der Waals surface area contributed by atoms with Gasteiger partial charge in [0.05, 0.1) is 20.8 Å². The molecule has 1 aromatic carbocycles. The van der Waals surface area contributed by atoms with Crippen molar-refractivity contribution in [3.05, 3.63) is 28.2 Å². The first-order valence-electron chi connectivity index (χ1n) is 10.0. The van der Waals surface area contributed by atoms with Gasteiger partial charge in [0, 0.05) is 30.8 Å². The molecule has 3 rings (SSSR count). The zero-order valence-corrected chi connectivity index (χ0v) is 17.9. The van der Waals surface area contributed by atoms with E-state index in [0.717, 1.165) is 47.3 Å². The molecule has 2 aromatic rings. The van der Waals surface area contributed by atoms with Gasteiger partial charge in [-0.1, -0.05) is 37.8 Å². The van der Waals surface area contributed by atoms with Crippen LogP contribution in [0.25, 0.3) is 10.2 Å². The lowest BCUT2D eigenvalue weighted by atomic mass is 9.82. The Morgan fingerprint density at radius 2 is 2.07 bits per heavy atom. The quantitative estimate of drug-likeness (QED) is 0.666. The van der Waals surface area contributed by atoms with E-state index in [-0.39, 0.29) is 17.6 Å². The Hall–Kier alpha value is -1.50. The highest BCUT2D eigenvalue weighted by molar-refractivity contribution is 7.18. The van der Waals surface area contributed by atoms with Gasteiger partial charge in [-0.15, -0.1) is 11.3 Å². The normalized spacial score (nSPS) is 17.4. The van der Waals surface area contributed by atoms with Crippen molar-refractivity contribution >= 4 is 44.8 Å². The maximum Gasteiger partial charge on any atom is 0.240 e. The van der Waals surface area contributed by atoms with Gasteiger partial charge in [0.2, 0.25) is 5.91 Å². The zero-order valence-electron chi connectivity index (χ0n) is 16.3. The summed E-state index contributed by atoms with van der Waals surface area (Å²) in [6.45, 7) is 2.31. The lowest BCUT2D eigenvalue weighted by molar-refractivity contribution is -0.128. The number of thiazole rings is 1. The monoisotopic (exact) mass is 421 g/mol. The number of nitrogens with zero attached hydrogens (tertiary/aromatic N) is 1. The molecule has 1 saturated carbocycles. The second-order valence-electron chi connectivity index (χ2n) is 7.81. The van der Waals surface area contributed by atoms with Gasteiger partial charge in [0.1, 0.15) is 5.78 Å². The highest BCUT2D eigenvalue weighted by Gasteiger charge is 2.35. The molecule has 1 heterocycles. The van der Waals surface area contributed by atoms with Crippen LogP contribution in [-0.2, 0) is 16.0 Å². The van der Waals surface area contributed by atoms with Crippen LogP contribution in [0.3, 0.4) is 0 Å². The fraction of sp³-hybridized carbons (Fsp3) is 0.571. The van der Waals surface area contributed by atoms with Crippen LogP contribution in [0, 0.1) is 5.92 Å². The van der Waals surface area contributed by atoms with E-state index in [1.807, 2.05) is 25.1 Å². The lowest BCUT2D eigenvalue weighted by Crippen LogP contribution is -2.55. The number of halogens is 1. The van der Waals surface area contributed by atoms with Gasteiger partial charge < -0.3 is 11.1 Å². The molecule has 0 unspecified atom stereocenters. The molecule has 5 nitrogen and oxygen atoms in total. The van der Waals surface area contributed by atoms with Crippen molar-refractivity contribution in [1.29, 1.82) is 0 Å². The number of hydrogen-bond donors (Lipinski definition) is 2. The van der Waals surface area contributed by atoms with Crippen LogP contribution in [0.15, 0.2) is 18.2 Å². The molecule has 0 bridgehead atoms. The number of benzene rings is 1. The van der Waals surface area contributed by atoms with Crippen molar-refractivity contribution in [1.82, 2.24) is 10.3 Å². The Bertz CT molecular complexity index is 845. The van der Waals surface area contributed by atoms with Crippen molar-refractivity contribution in [2.24, 2.45) is 11.7 Å². The van der Waals surface area contributed by atoms with Crippen LogP contribution < -0.4 is 11.1 Å². The minimum atomic E-state index is -0.760. The Balaban J connectivity index is 1.67. The van der Waals surface area contributed by atoms with E-state index < -0.39 is 5.54 Å². The van der Waals surface area contributed by atoms with Crippen LogP contribution in [0.2, 0.25) is 5.02 Å². The van der Waals surface area contributed by atoms with Crippen LogP contribution >= 0.6 is 22.9 Å². The summed E-state index contributed by atoms with van der Waals surface area (Å²) < 4.78 is 1.04. The van der Waals surface area contributed by atoms with Crippen LogP contribution in [0.1, 0.15) is 56.9 Å². The SMILES string of the molecule is CCC(=O)C[C@H](CNC(=O)C1(N)CCCCC1)Cc1nc2ccc(Cl)cc2s1. The Morgan fingerprint density at radius 1 is 1.32 bits per heavy atom. The summed E-state index contributed by atoms with van der Waals surface area (Å²) >= 11 is 7.66. The first-order chi connectivity index (χ1) is 13.4. The number of hydrogen-bond acceptors (Lipinski definition) is 5. The number of carbonyl (C=O) groups is 2. The number of ketones is 1. The molecule has 1 aliphatic carbocycles. The van der Waals surface area contributed by atoms with Gasteiger partial charge in [-0.3, -0.25) is 9.59 Å². The Morgan fingerprint density at radius 3 is 2.79 bits per heavy atom. The molecule has 0 spiro atoms. The molecule has 1 fully saturated rings. The summed E-state index contributed by atoms with van der Waals surface area (Å²) in [7, 11) is 0. The smallest absolute Gasteiger partial charge is 0.240 e. The summed E-state index contributed by atoms with van der Waals surface area (Å²) in [5.41, 5.74) is 6.49. The Kier molecular flexibility index (Phi) is 7.07. The molecule has 1 amide bonds. The number of Topliss-reactive ketones (excluding diaryl/α,β-unsaturated/α-hetero) is 1. The topological polar surface area (TPSA) is 85.1 Å². The predicted octanol–water partition coefficient (Wildman–Crippen LogP) is 4.26. The molecule has 0 saturated heterocycles. The van der Waals surface area contributed by atoms with E-state index in [9.17, 15) is 9.59 Å². The van der Waals surface area contributed by atoms with Crippen molar-refractivity contribution in [3.8, 4) is 0 Å². The van der Waals surface area contributed by atoms with Gasteiger partial charge in [0.25, 0.3) is 0 Å². The molecule has 1 atom stereocenters. The molecule has 28 heavy (non-hydrogen) atoms. The van der Waals surface area contributed by atoms with E-state index >= 15 is 0 Å². The molecule has 1 aliphatic rings. The van der Waals surface area contributed by atoms with E-state index in [2.05, 4.69) is 10.3 Å². The fourth-order valence-electron chi connectivity index (χ4n) is 3.79. The number of rotatable bonds is 8. The highest BCUT2D eigenvalue weighted by Crippen LogP contribution is 2.28. The first-order valence-corrected chi connectivity index (χ1v) is 11.2. The zero-order chi connectivity index (χ0) is 20.1. The average Bonchev–Trinajstić information content (AvgIpc) is 3.07. The van der Waals surface area contributed by atoms with Crippen LogP contribution in [-0.4, -0.2) is 28.8 Å². The predicted molar refractivity (Wildman–Crippen MR) is 115 cm³/mol. The minimum absolute atomic E-state index is 0.0135. The number of amides is 1. The van der Waals surface area contributed by atoms with Crippen LogP contribution in [0.5, 0.6) is 0 Å². The fourth-order valence-corrected chi connectivity index (χ4v) is 5.14. The number of carbonyl (C=O) groups excluding carboxylic acids is 2. The molecule has 7 heteroatoms. The Labute approximate surface area is 175 Å². The van der Waals surface area contributed by atoms with Gasteiger partial charge in [-0.25, -0.2) is 4.98 Å². The third kappa shape index (κ3) is 5.31. The van der Waals surface area contributed by atoms with E-state index in [1.165, 1.54) is 0 Å². The first kappa shape index (κ1) is 21.2. The summed E-state index contributed by atoms with van der Waals surface area (Å²) in [5, 5.41) is 4.67. The largest absolute Gasteiger partial charge is 0.354 e. The molecule has 0 aliphatic heterocycles. The summed E-state index contributed by atoms with van der Waals surface area (Å²) in [6, 6.07) is 5.65. The summed E-state index contributed by atoms with van der Waals surface area (Å²) in [6.07, 6.45) is 6.19. The average molecular weight is 422 g/mol. The van der Waals surface area contributed by atoms with Gasteiger partial charge in [-0.05, 0) is 37.0 Å². The van der Waals surface area contributed by atoms with E-state index in [0.29, 0.717) is 30.8 Å². The highest BCUT2D eigenvalue weighted by atomic mass is 35.5. The van der Waals surface area contributed by atoms with E-state index in [1.54, 1.807) is 11.3 Å². The minimum Gasteiger partial charge on any atom is -0.354 e. The number of fused-ring (bicyclic) bond motifs is 1. The summed E-state index contributed by atoms with van der Waals surface area (Å²) in [4.78, 5) is 29.4. The standard InChI is InChI=1S/C21H28ClN3O2S/c1-2-16(26)10-14(13-24-20(27)21(23)8-4-3-5-9-21)11-19-25-17-7-6-15(22)12-18(17)28-19/h6-7,12,14H,2-5,8-11,13,23H2,1H3,(H,24,27)/t14-/m0/s1. The lowest BCUT2D eigenvalue weighted by Gasteiger charge is -2.32. The van der Waals surface area contributed by atoms with Crippen molar-refractivity contribution in [2.45, 2.75) is 63.8 Å². The third-order valence-electron chi connectivity index (χ3n) is 5.52. The van der Waals surface area contributed by atoms with Crippen LogP contribution in [0.4, 0.5) is 0 Å².